The highest BCUT2D eigenvalue weighted by Gasteiger charge is 2.15. The Morgan fingerprint density at radius 1 is 1.04 bits per heavy atom. The second-order valence-corrected chi connectivity index (χ2v) is 8.10. The summed E-state index contributed by atoms with van der Waals surface area (Å²) in [5, 5.41) is 2.85. The fourth-order valence-electron chi connectivity index (χ4n) is 2.59. The average Bonchev–Trinajstić information content (AvgIpc) is 2.55. The van der Waals surface area contributed by atoms with Crippen LogP contribution in [0.15, 0.2) is 54.6 Å². The van der Waals surface area contributed by atoms with Gasteiger partial charge in [0, 0.05) is 28.0 Å². The van der Waals surface area contributed by atoms with Crippen LogP contribution in [-0.4, -0.2) is 16.2 Å². The van der Waals surface area contributed by atoms with Crippen molar-refractivity contribution in [2.24, 2.45) is 11.7 Å². The molecule has 0 saturated heterocycles. The Balaban J connectivity index is 0.00000338. The third-order valence-corrected chi connectivity index (χ3v) is 5.07. The number of carbonyl (C=O) groups is 1. The summed E-state index contributed by atoms with van der Waals surface area (Å²) >= 11 is 0. The van der Waals surface area contributed by atoms with E-state index in [0.29, 0.717) is 29.5 Å². The predicted molar refractivity (Wildman–Crippen MR) is 112 cm³/mol. The van der Waals surface area contributed by atoms with Gasteiger partial charge in [0.15, 0.2) is 0 Å². The SMILES string of the molecule is CC(C)C[C@H](N)C(=O)Nc1cccc(CS(=O)Cc2ccccc2)c1.Cl. The van der Waals surface area contributed by atoms with E-state index in [1.54, 1.807) is 0 Å². The Labute approximate surface area is 164 Å². The van der Waals surface area contributed by atoms with Crippen LogP contribution in [0.3, 0.4) is 0 Å². The smallest absolute Gasteiger partial charge is 0.241 e. The minimum absolute atomic E-state index is 0. The van der Waals surface area contributed by atoms with Crippen LogP contribution >= 0.6 is 12.4 Å². The van der Waals surface area contributed by atoms with Crippen molar-refractivity contribution in [3.05, 3.63) is 65.7 Å². The molecule has 1 amide bonds. The lowest BCUT2D eigenvalue weighted by Gasteiger charge is -2.14. The molecule has 0 spiro atoms. The normalized spacial score (nSPS) is 12.9. The zero-order valence-electron chi connectivity index (χ0n) is 15.2. The lowest BCUT2D eigenvalue weighted by atomic mass is 10.0. The topological polar surface area (TPSA) is 72.2 Å². The van der Waals surface area contributed by atoms with Gasteiger partial charge in [-0.05, 0) is 35.6 Å². The molecule has 0 bridgehead atoms. The van der Waals surface area contributed by atoms with Crippen LogP contribution in [0.25, 0.3) is 0 Å². The van der Waals surface area contributed by atoms with Gasteiger partial charge in [0.1, 0.15) is 0 Å². The first kappa shape index (κ1) is 22.4. The lowest BCUT2D eigenvalue weighted by Crippen LogP contribution is -2.36. The molecule has 0 saturated carbocycles. The zero-order valence-corrected chi connectivity index (χ0v) is 16.8. The maximum absolute atomic E-state index is 12.3. The summed E-state index contributed by atoms with van der Waals surface area (Å²) in [5.74, 6) is 1.16. The van der Waals surface area contributed by atoms with Gasteiger partial charge in [0.2, 0.25) is 5.91 Å². The van der Waals surface area contributed by atoms with Crippen LogP contribution in [0.5, 0.6) is 0 Å². The molecule has 6 heteroatoms. The number of hydrogen-bond donors (Lipinski definition) is 2. The van der Waals surface area contributed by atoms with E-state index >= 15 is 0 Å². The van der Waals surface area contributed by atoms with E-state index in [1.807, 2.05) is 68.4 Å². The first-order chi connectivity index (χ1) is 11.9. The minimum atomic E-state index is -0.997. The number of benzene rings is 2. The van der Waals surface area contributed by atoms with Crippen molar-refractivity contribution in [3.8, 4) is 0 Å². The lowest BCUT2D eigenvalue weighted by molar-refractivity contribution is -0.117. The number of amides is 1. The van der Waals surface area contributed by atoms with E-state index in [9.17, 15) is 9.00 Å². The van der Waals surface area contributed by atoms with Crippen molar-refractivity contribution >= 4 is 34.8 Å². The number of hydrogen-bond acceptors (Lipinski definition) is 3. The molecule has 1 unspecified atom stereocenters. The highest BCUT2D eigenvalue weighted by Crippen LogP contribution is 2.15. The predicted octanol–water partition coefficient (Wildman–Crippen LogP) is 3.87. The second kappa shape index (κ2) is 11.1. The Bertz CT molecular complexity index is 723. The average molecular weight is 395 g/mol. The summed E-state index contributed by atoms with van der Waals surface area (Å²) in [6.45, 7) is 4.08. The van der Waals surface area contributed by atoms with Gasteiger partial charge >= 0.3 is 0 Å². The van der Waals surface area contributed by atoms with Crippen molar-refractivity contribution in [1.82, 2.24) is 0 Å². The molecule has 0 radical (unpaired) electrons. The van der Waals surface area contributed by atoms with Crippen molar-refractivity contribution in [2.45, 2.75) is 37.8 Å². The van der Waals surface area contributed by atoms with E-state index in [0.717, 1.165) is 11.1 Å². The minimum Gasteiger partial charge on any atom is -0.325 e. The number of rotatable bonds is 8. The van der Waals surface area contributed by atoms with Crippen LogP contribution in [0.4, 0.5) is 5.69 Å². The van der Waals surface area contributed by atoms with E-state index in [1.165, 1.54) is 0 Å². The molecule has 2 aromatic carbocycles. The van der Waals surface area contributed by atoms with Crippen molar-refractivity contribution in [2.75, 3.05) is 5.32 Å². The molecule has 3 N–H and O–H groups in total. The van der Waals surface area contributed by atoms with Gasteiger partial charge in [-0.25, -0.2) is 0 Å². The van der Waals surface area contributed by atoms with Gasteiger partial charge in [-0.1, -0.05) is 56.3 Å². The number of carbonyl (C=O) groups excluding carboxylic acids is 1. The molecule has 0 aliphatic heterocycles. The van der Waals surface area contributed by atoms with Gasteiger partial charge in [0.25, 0.3) is 0 Å². The van der Waals surface area contributed by atoms with Gasteiger partial charge in [0.05, 0.1) is 6.04 Å². The summed E-state index contributed by atoms with van der Waals surface area (Å²) in [6, 6.07) is 16.7. The van der Waals surface area contributed by atoms with Crippen LogP contribution in [0.2, 0.25) is 0 Å². The molecule has 0 heterocycles. The monoisotopic (exact) mass is 394 g/mol. The molecule has 142 valence electrons. The van der Waals surface area contributed by atoms with Crippen LogP contribution in [0, 0.1) is 5.92 Å². The summed E-state index contributed by atoms with van der Waals surface area (Å²) in [4.78, 5) is 12.1. The highest BCUT2D eigenvalue weighted by molar-refractivity contribution is 7.83. The Morgan fingerprint density at radius 2 is 1.65 bits per heavy atom. The van der Waals surface area contributed by atoms with Crippen molar-refractivity contribution < 1.29 is 9.00 Å². The van der Waals surface area contributed by atoms with E-state index in [2.05, 4.69) is 5.32 Å². The summed E-state index contributed by atoms with van der Waals surface area (Å²) in [7, 11) is -0.997. The molecule has 0 aliphatic rings. The molecule has 0 fully saturated rings. The summed E-state index contributed by atoms with van der Waals surface area (Å²) in [6.07, 6.45) is 0.645. The number of nitrogens with two attached hydrogens (primary N) is 1. The van der Waals surface area contributed by atoms with Gasteiger partial charge in [-0.15, -0.1) is 12.4 Å². The van der Waals surface area contributed by atoms with E-state index in [4.69, 9.17) is 5.73 Å². The molecular weight excluding hydrogens is 368 g/mol. The van der Waals surface area contributed by atoms with Crippen LogP contribution < -0.4 is 11.1 Å². The molecule has 2 atom stereocenters. The maximum Gasteiger partial charge on any atom is 0.241 e. The fraction of sp³-hybridized carbons (Fsp3) is 0.350. The maximum atomic E-state index is 12.3. The molecule has 0 aromatic heterocycles. The molecule has 2 aromatic rings. The number of anilines is 1. The number of halogens is 1. The molecule has 26 heavy (non-hydrogen) atoms. The molecule has 4 nitrogen and oxygen atoms in total. The first-order valence-electron chi connectivity index (χ1n) is 8.48. The largest absolute Gasteiger partial charge is 0.325 e. The van der Waals surface area contributed by atoms with E-state index in [-0.39, 0.29) is 18.3 Å². The van der Waals surface area contributed by atoms with Gasteiger partial charge < -0.3 is 11.1 Å². The fourth-order valence-corrected chi connectivity index (χ4v) is 3.80. The Hall–Kier alpha value is -1.69. The molecular formula is C20H27ClN2O2S. The second-order valence-electron chi connectivity index (χ2n) is 6.64. The molecule has 2 rings (SSSR count). The zero-order chi connectivity index (χ0) is 18.2. The summed E-state index contributed by atoms with van der Waals surface area (Å²) in [5.41, 5.74) is 8.60. The Kier molecular flexibility index (Phi) is 9.55. The third-order valence-electron chi connectivity index (χ3n) is 3.75. The first-order valence-corrected chi connectivity index (χ1v) is 9.97. The highest BCUT2D eigenvalue weighted by atomic mass is 35.5. The van der Waals surface area contributed by atoms with Gasteiger partial charge in [-0.3, -0.25) is 9.00 Å². The third kappa shape index (κ3) is 7.68. The van der Waals surface area contributed by atoms with E-state index < -0.39 is 16.8 Å². The molecule has 0 aliphatic carbocycles. The van der Waals surface area contributed by atoms with Crippen LogP contribution in [0.1, 0.15) is 31.4 Å². The van der Waals surface area contributed by atoms with Crippen LogP contribution in [-0.2, 0) is 27.1 Å². The van der Waals surface area contributed by atoms with Gasteiger partial charge in [-0.2, -0.15) is 0 Å². The Morgan fingerprint density at radius 3 is 2.31 bits per heavy atom. The van der Waals surface area contributed by atoms with Crippen molar-refractivity contribution in [3.63, 3.8) is 0 Å². The quantitative estimate of drug-likeness (QED) is 0.713. The van der Waals surface area contributed by atoms with Crippen molar-refractivity contribution in [1.29, 1.82) is 0 Å². The standard InChI is InChI=1S/C20H26N2O2S.ClH/c1-15(2)11-19(21)20(23)22-18-10-6-9-17(12-18)14-25(24)13-16-7-4-3-5-8-16;/h3-10,12,15,19H,11,13-14,21H2,1-2H3,(H,22,23);1H/t19-,25?;/m0./s1. The summed E-state index contributed by atoms with van der Waals surface area (Å²) < 4.78 is 12.3. The number of nitrogens with one attached hydrogen (secondary N) is 1.